The molecule has 0 fully saturated rings. The summed E-state index contributed by atoms with van der Waals surface area (Å²) in [5.41, 5.74) is 0.371. The van der Waals surface area contributed by atoms with Gasteiger partial charge in [0, 0.05) is 17.3 Å². The van der Waals surface area contributed by atoms with Gasteiger partial charge in [0.25, 0.3) is 0 Å². The molecule has 0 bridgehead atoms. The highest BCUT2D eigenvalue weighted by molar-refractivity contribution is 6.31. The Hall–Kier alpha value is -1.55. The predicted octanol–water partition coefficient (Wildman–Crippen LogP) is 3.39. The van der Waals surface area contributed by atoms with E-state index in [0.717, 1.165) is 5.56 Å². The smallest absolute Gasteiger partial charge is 0.239 e. The molecular weight excluding hydrogens is 288 g/mol. The van der Waals surface area contributed by atoms with Crippen molar-refractivity contribution in [1.29, 1.82) is 0 Å². The fourth-order valence-corrected chi connectivity index (χ4v) is 1.76. The van der Waals surface area contributed by atoms with Gasteiger partial charge in [0.1, 0.15) is 5.41 Å². The minimum atomic E-state index is -1.15. The van der Waals surface area contributed by atoms with Crippen molar-refractivity contribution in [1.82, 2.24) is 5.32 Å². The van der Waals surface area contributed by atoms with E-state index >= 15 is 0 Å². The summed E-state index contributed by atoms with van der Waals surface area (Å²) in [6, 6.07) is 5.27. The Morgan fingerprint density at radius 3 is 2.38 bits per heavy atom. The SMILES string of the molecule is Cc1ccc(NC(=O)C(C)(C)C(=O)NCC(C)C)cc1Cl. The molecule has 1 rings (SSSR count). The van der Waals surface area contributed by atoms with Crippen LogP contribution >= 0.6 is 11.6 Å². The number of hydrogen-bond donors (Lipinski definition) is 2. The average molecular weight is 311 g/mol. The van der Waals surface area contributed by atoms with Crippen LogP contribution in [0.2, 0.25) is 5.02 Å². The topological polar surface area (TPSA) is 58.2 Å². The van der Waals surface area contributed by atoms with Crippen LogP contribution in [0.5, 0.6) is 0 Å². The number of amides is 2. The van der Waals surface area contributed by atoms with Crippen LogP contribution < -0.4 is 10.6 Å². The normalized spacial score (nSPS) is 11.4. The van der Waals surface area contributed by atoms with E-state index in [0.29, 0.717) is 23.2 Å². The first kappa shape index (κ1) is 17.5. The van der Waals surface area contributed by atoms with Crippen LogP contribution in [0.25, 0.3) is 0 Å². The molecule has 21 heavy (non-hydrogen) atoms. The monoisotopic (exact) mass is 310 g/mol. The number of benzene rings is 1. The summed E-state index contributed by atoms with van der Waals surface area (Å²) in [6.45, 7) is 9.65. The molecule has 2 N–H and O–H groups in total. The van der Waals surface area contributed by atoms with Crippen molar-refractivity contribution in [3.8, 4) is 0 Å². The molecular formula is C16H23ClN2O2. The fourth-order valence-electron chi connectivity index (χ4n) is 1.58. The predicted molar refractivity (Wildman–Crippen MR) is 86.4 cm³/mol. The number of aryl methyl sites for hydroxylation is 1. The Balaban J connectivity index is 2.76. The second kappa shape index (κ2) is 6.94. The number of rotatable bonds is 5. The molecule has 116 valence electrons. The van der Waals surface area contributed by atoms with Crippen molar-refractivity contribution in [2.24, 2.45) is 11.3 Å². The minimum absolute atomic E-state index is 0.285. The highest BCUT2D eigenvalue weighted by Gasteiger charge is 2.36. The van der Waals surface area contributed by atoms with Crippen LogP contribution in [-0.4, -0.2) is 18.4 Å². The largest absolute Gasteiger partial charge is 0.355 e. The van der Waals surface area contributed by atoms with Crippen molar-refractivity contribution in [2.75, 3.05) is 11.9 Å². The van der Waals surface area contributed by atoms with E-state index in [2.05, 4.69) is 10.6 Å². The number of hydrogen-bond acceptors (Lipinski definition) is 2. The molecule has 0 aliphatic heterocycles. The second-order valence-electron chi connectivity index (χ2n) is 6.15. The third-order valence-corrected chi connectivity index (χ3v) is 3.64. The second-order valence-corrected chi connectivity index (χ2v) is 6.55. The third kappa shape index (κ3) is 4.74. The Morgan fingerprint density at radius 2 is 1.86 bits per heavy atom. The lowest BCUT2D eigenvalue weighted by molar-refractivity contribution is -0.138. The van der Waals surface area contributed by atoms with Crippen LogP contribution in [-0.2, 0) is 9.59 Å². The van der Waals surface area contributed by atoms with Gasteiger partial charge in [-0.3, -0.25) is 9.59 Å². The number of carbonyl (C=O) groups is 2. The van der Waals surface area contributed by atoms with E-state index in [-0.39, 0.29) is 11.8 Å². The van der Waals surface area contributed by atoms with Crippen LogP contribution in [0.1, 0.15) is 33.3 Å². The Morgan fingerprint density at radius 1 is 1.24 bits per heavy atom. The molecule has 2 amide bonds. The summed E-state index contributed by atoms with van der Waals surface area (Å²) >= 11 is 6.03. The van der Waals surface area contributed by atoms with Gasteiger partial charge in [-0.1, -0.05) is 31.5 Å². The van der Waals surface area contributed by atoms with Crippen molar-refractivity contribution >= 4 is 29.1 Å². The molecule has 0 saturated carbocycles. The van der Waals surface area contributed by atoms with Crippen LogP contribution in [0.4, 0.5) is 5.69 Å². The molecule has 0 aromatic heterocycles. The van der Waals surface area contributed by atoms with Gasteiger partial charge in [-0.05, 0) is 44.4 Å². The molecule has 0 aliphatic rings. The van der Waals surface area contributed by atoms with E-state index in [1.165, 1.54) is 0 Å². The molecule has 1 aromatic rings. The summed E-state index contributed by atoms with van der Waals surface area (Å²) in [7, 11) is 0. The highest BCUT2D eigenvalue weighted by Crippen LogP contribution is 2.23. The first-order chi connectivity index (χ1) is 9.64. The maximum Gasteiger partial charge on any atom is 0.239 e. The highest BCUT2D eigenvalue weighted by atomic mass is 35.5. The molecule has 0 radical (unpaired) electrons. The van der Waals surface area contributed by atoms with Gasteiger partial charge in [-0.2, -0.15) is 0 Å². The zero-order valence-electron chi connectivity index (χ0n) is 13.2. The first-order valence-electron chi connectivity index (χ1n) is 7.00. The van der Waals surface area contributed by atoms with Gasteiger partial charge in [0.05, 0.1) is 0 Å². The lowest BCUT2D eigenvalue weighted by atomic mass is 9.90. The van der Waals surface area contributed by atoms with E-state index in [9.17, 15) is 9.59 Å². The van der Waals surface area contributed by atoms with Crippen molar-refractivity contribution in [2.45, 2.75) is 34.6 Å². The van der Waals surface area contributed by atoms with Crippen molar-refractivity contribution in [3.63, 3.8) is 0 Å². The summed E-state index contributed by atoms with van der Waals surface area (Å²) in [5.74, 6) is -0.306. The Bertz CT molecular complexity index is 539. The van der Waals surface area contributed by atoms with Crippen molar-refractivity contribution in [3.05, 3.63) is 28.8 Å². The number of nitrogens with one attached hydrogen (secondary N) is 2. The van der Waals surface area contributed by atoms with E-state index in [1.54, 1.807) is 26.0 Å². The lowest BCUT2D eigenvalue weighted by Crippen LogP contribution is -2.46. The zero-order chi connectivity index (χ0) is 16.2. The van der Waals surface area contributed by atoms with Gasteiger partial charge < -0.3 is 10.6 Å². The lowest BCUT2D eigenvalue weighted by Gasteiger charge is -2.23. The molecule has 0 unspecified atom stereocenters. The van der Waals surface area contributed by atoms with Gasteiger partial charge in [-0.25, -0.2) is 0 Å². The molecule has 0 saturated heterocycles. The molecule has 1 aromatic carbocycles. The quantitative estimate of drug-likeness (QED) is 0.819. The molecule has 0 heterocycles. The van der Waals surface area contributed by atoms with Gasteiger partial charge >= 0.3 is 0 Å². The maximum absolute atomic E-state index is 12.3. The first-order valence-corrected chi connectivity index (χ1v) is 7.38. The van der Waals surface area contributed by atoms with Gasteiger partial charge in [-0.15, -0.1) is 0 Å². The standard InChI is InChI=1S/C16H23ClN2O2/c1-10(2)9-18-14(20)16(4,5)15(21)19-12-7-6-11(3)13(17)8-12/h6-8,10H,9H2,1-5H3,(H,18,20)(H,19,21). The van der Waals surface area contributed by atoms with E-state index < -0.39 is 5.41 Å². The molecule has 4 nitrogen and oxygen atoms in total. The molecule has 0 atom stereocenters. The Labute approximate surface area is 131 Å². The minimum Gasteiger partial charge on any atom is -0.355 e. The van der Waals surface area contributed by atoms with Gasteiger partial charge in [0.15, 0.2) is 0 Å². The summed E-state index contributed by atoms with van der Waals surface area (Å²) < 4.78 is 0. The molecule has 0 aliphatic carbocycles. The summed E-state index contributed by atoms with van der Waals surface area (Å²) in [5, 5.41) is 6.10. The number of carbonyl (C=O) groups excluding carboxylic acids is 2. The molecule has 5 heteroatoms. The van der Waals surface area contributed by atoms with E-state index in [4.69, 9.17) is 11.6 Å². The van der Waals surface area contributed by atoms with Crippen LogP contribution in [0, 0.1) is 18.3 Å². The summed E-state index contributed by atoms with van der Waals surface area (Å²) in [6.07, 6.45) is 0. The average Bonchev–Trinajstić information content (AvgIpc) is 2.39. The fraction of sp³-hybridized carbons (Fsp3) is 0.500. The number of anilines is 1. The maximum atomic E-state index is 12.3. The molecule has 0 spiro atoms. The van der Waals surface area contributed by atoms with Crippen LogP contribution in [0.3, 0.4) is 0 Å². The van der Waals surface area contributed by atoms with Crippen LogP contribution in [0.15, 0.2) is 18.2 Å². The number of halogens is 1. The van der Waals surface area contributed by atoms with Crippen molar-refractivity contribution < 1.29 is 9.59 Å². The van der Waals surface area contributed by atoms with Gasteiger partial charge in [0.2, 0.25) is 11.8 Å². The summed E-state index contributed by atoms with van der Waals surface area (Å²) in [4.78, 5) is 24.4. The third-order valence-electron chi connectivity index (χ3n) is 3.24. The van der Waals surface area contributed by atoms with E-state index in [1.807, 2.05) is 26.8 Å². The zero-order valence-corrected chi connectivity index (χ0v) is 14.0. The Kier molecular flexibility index (Phi) is 5.78.